The molecule has 0 aromatic heterocycles. The summed E-state index contributed by atoms with van der Waals surface area (Å²) in [5.74, 6) is -1.42. The minimum atomic E-state index is -3.98. The fourth-order valence-electron chi connectivity index (χ4n) is 1.98. The largest absolute Gasteiger partial charge is 0.456 e. The lowest BCUT2D eigenvalue weighted by molar-refractivity contribution is -0.276. The van der Waals surface area contributed by atoms with E-state index in [1.54, 1.807) is 0 Å². The van der Waals surface area contributed by atoms with Gasteiger partial charge < -0.3 is 19.3 Å². The second-order valence-corrected chi connectivity index (χ2v) is 7.11. The van der Waals surface area contributed by atoms with Crippen LogP contribution < -0.4 is 0 Å². The molecule has 0 radical (unpaired) electrons. The van der Waals surface area contributed by atoms with Crippen LogP contribution in [0.2, 0.25) is 0 Å². The maximum atomic E-state index is 11.3. The number of carbonyl (C=O) groups excluding carboxylic acids is 2. The molecule has 1 rings (SSSR count). The highest BCUT2D eigenvalue weighted by molar-refractivity contribution is 14.1. The minimum Gasteiger partial charge on any atom is -0.456 e. The second-order valence-electron chi connectivity index (χ2n) is 4.63. The summed E-state index contributed by atoms with van der Waals surface area (Å²) in [7, 11) is -3.98. The number of hydrogen-bond donors (Lipinski definition) is 1. The molecule has 22 heavy (non-hydrogen) atoms. The van der Waals surface area contributed by atoms with Crippen molar-refractivity contribution < 1.29 is 41.5 Å². The molecule has 0 aromatic carbocycles. The van der Waals surface area contributed by atoms with Crippen molar-refractivity contribution in [2.24, 2.45) is 0 Å². The number of ether oxygens (including phenoxy) is 3. The Bertz CT molecular complexity index is 520. The summed E-state index contributed by atoms with van der Waals surface area (Å²) in [6.07, 6.45) is -5.64. The lowest BCUT2D eigenvalue weighted by atomic mass is 9.99. The quantitative estimate of drug-likeness (QED) is 0.251. The van der Waals surface area contributed by atoms with Crippen molar-refractivity contribution >= 4 is 44.6 Å². The average molecular weight is 452 g/mol. The lowest BCUT2D eigenvalue weighted by Crippen LogP contribution is -2.61. The van der Waals surface area contributed by atoms with E-state index < -0.39 is 52.8 Å². The van der Waals surface area contributed by atoms with Gasteiger partial charge in [0.05, 0.1) is 6.26 Å². The first kappa shape index (κ1) is 19.5. The van der Waals surface area contributed by atoms with Gasteiger partial charge in [-0.2, -0.15) is 8.42 Å². The van der Waals surface area contributed by atoms with E-state index in [9.17, 15) is 23.1 Å². The van der Waals surface area contributed by atoms with Crippen LogP contribution in [0.1, 0.15) is 13.8 Å². The van der Waals surface area contributed by atoms with Gasteiger partial charge >= 0.3 is 11.9 Å². The first-order chi connectivity index (χ1) is 10.0. The summed E-state index contributed by atoms with van der Waals surface area (Å²) < 4.78 is 43.0. The number of halogens is 1. The monoisotopic (exact) mass is 452 g/mol. The van der Waals surface area contributed by atoms with Crippen LogP contribution in [0.4, 0.5) is 0 Å². The van der Waals surface area contributed by atoms with E-state index in [2.05, 4.69) is 0 Å². The molecule has 0 bridgehead atoms. The van der Waals surface area contributed by atoms with Crippen LogP contribution in [0.25, 0.3) is 0 Å². The molecule has 1 saturated heterocycles. The molecule has 0 spiro atoms. The van der Waals surface area contributed by atoms with Crippen LogP contribution >= 0.6 is 22.6 Å². The van der Waals surface area contributed by atoms with Crippen molar-refractivity contribution in [3.63, 3.8) is 0 Å². The van der Waals surface area contributed by atoms with Crippen LogP contribution in [-0.2, 0) is 38.1 Å². The SMILES string of the molecule is CC(=O)OC1C(CI)OC(O)C(OS(C)(=O)=O)C1OC(C)=O. The predicted octanol–water partition coefficient (Wildman–Crippen LogP) is -0.653. The molecule has 128 valence electrons. The normalized spacial score (nSPS) is 32.3. The lowest BCUT2D eigenvalue weighted by Gasteiger charge is -2.42. The van der Waals surface area contributed by atoms with Crippen molar-refractivity contribution in [3.05, 3.63) is 0 Å². The molecule has 5 unspecified atom stereocenters. The highest BCUT2D eigenvalue weighted by atomic mass is 127. The molecule has 0 aromatic rings. The van der Waals surface area contributed by atoms with Crippen molar-refractivity contribution in [1.82, 2.24) is 0 Å². The summed E-state index contributed by atoms with van der Waals surface area (Å²) in [4.78, 5) is 22.5. The van der Waals surface area contributed by atoms with E-state index in [1.807, 2.05) is 22.6 Å². The van der Waals surface area contributed by atoms with Gasteiger partial charge in [0.2, 0.25) is 0 Å². The fraction of sp³-hybridized carbons (Fsp3) is 0.818. The Morgan fingerprint density at radius 2 is 1.64 bits per heavy atom. The number of aliphatic hydroxyl groups excluding tert-OH is 1. The molecule has 1 aliphatic rings. The van der Waals surface area contributed by atoms with E-state index in [0.717, 1.165) is 20.1 Å². The number of esters is 2. The van der Waals surface area contributed by atoms with Gasteiger partial charge in [-0.05, 0) is 0 Å². The Morgan fingerprint density at radius 3 is 2.05 bits per heavy atom. The van der Waals surface area contributed by atoms with Gasteiger partial charge in [-0.15, -0.1) is 0 Å². The smallest absolute Gasteiger partial charge is 0.303 e. The van der Waals surface area contributed by atoms with E-state index in [0.29, 0.717) is 4.43 Å². The third-order valence-electron chi connectivity index (χ3n) is 2.65. The van der Waals surface area contributed by atoms with E-state index in [4.69, 9.17) is 18.4 Å². The number of alkyl halides is 1. The Hall–Kier alpha value is -0.500. The topological polar surface area (TPSA) is 125 Å². The minimum absolute atomic E-state index is 0.302. The summed E-state index contributed by atoms with van der Waals surface area (Å²) in [5.41, 5.74) is 0. The highest BCUT2D eigenvalue weighted by Crippen LogP contribution is 2.29. The zero-order valence-electron chi connectivity index (χ0n) is 12.1. The van der Waals surface area contributed by atoms with Crippen molar-refractivity contribution in [3.8, 4) is 0 Å². The number of rotatable bonds is 5. The van der Waals surface area contributed by atoms with Gasteiger partial charge in [0.25, 0.3) is 10.1 Å². The molecular formula is C11H17IO9S. The molecule has 1 fully saturated rings. The van der Waals surface area contributed by atoms with Gasteiger partial charge in [-0.3, -0.25) is 13.8 Å². The Kier molecular flexibility index (Phi) is 6.98. The number of carbonyl (C=O) groups is 2. The highest BCUT2D eigenvalue weighted by Gasteiger charge is 2.51. The molecule has 0 amide bonds. The van der Waals surface area contributed by atoms with Gasteiger partial charge in [-0.1, -0.05) is 22.6 Å². The number of aliphatic hydroxyl groups is 1. The summed E-state index contributed by atoms with van der Waals surface area (Å²) >= 11 is 1.93. The molecule has 5 atom stereocenters. The zero-order valence-corrected chi connectivity index (χ0v) is 15.1. The van der Waals surface area contributed by atoms with E-state index in [1.165, 1.54) is 0 Å². The third kappa shape index (κ3) is 5.61. The maximum absolute atomic E-state index is 11.3. The maximum Gasteiger partial charge on any atom is 0.303 e. The average Bonchev–Trinajstić information content (AvgIpc) is 2.34. The Balaban J connectivity index is 3.16. The zero-order chi connectivity index (χ0) is 17.1. The molecule has 0 saturated carbocycles. The summed E-state index contributed by atoms with van der Waals surface area (Å²) in [6, 6.07) is 0. The van der Waals surface area contributed by atoms with Gasteiger partial charge in [0.1, 0.15) is 6.10 Å². The fourth-order valence-corrected chi connectivity index (χ4v) is 3.30. The summed E-state index contributed by atoms with van der Waals surface area (Å²) in [5, 5.41) is 9.92. The van der Waals surface area contributed by atoms with E-state index >= 15 is 0 Å². The molecule has 1 N–H and O–H groups in total. The number of hydrogen-bond acceptors (Lipinski definition) is 9. The van der Waals surface area contributed by atoms with Crippen molar-refractivity contribution in [2.75, 3.05) is 10.7 Å². The molecule has 1 heterocycles. The predicted molar refractivity (Wildman–Crippen MR) is 80.6 cm³/mol. The van der Waals surface area contributed by atoms with Crippen LogP contribution in [0.3, 0.4) is 0 Å². The third-order valence-corrected chi connectivity index (χ3v) is 4.09. The molecule has 11 heteroatoms. The summed E-state index contributed by atoms with van der Waals surface area (Å²) in [6.45, 7) is 2.25. The van der Waals surface area contributed by atoms with Crippen LogP contribution in [-0.4, -0.2) is 66.9 Å². The molecule has 1 aliphatic heterocycles. The molecular weight excluding hydrogens is 435 g/mol. The second kappa shape index (κ2) is 7.86. The van der Waals surface area contributed by atoms with Gasteiger partial charge in [-0.25, -0.2) is 0 Å². The first-order valence-corrected chi connectivity index (χ1v) is 9.51. The van der Waals surface area contributed by atoms with Crippen LogP contribution in [0, 0.1) is 0 Å². The van der Waals surface area contributed by atoms with Gasteiger partial charge in [0, 0.05) is 18.3 Å². The Morgan fingerprint density at radius 1 is 1.14 bits per heavy atom. The Labute approximate surface area is 141 Å². The van der Waals surface area contributed by atoms with Crippen molar-refractivity contribution in [2.45, 2.75) is 44.6 Å². The van der Waals surface area contributed by atoms with Crippen molar-refractivity contribution in [1.29, 1.82) is 0 Å². The molecule has 9 nitrogen and oxygen atoms in total. The van der Waals surface area contributed by atoms with Gasteiger partial charge in [0.15, 0.2) is 24.6 Å². The first-order valence-electron chi connectivity index (χ1n) is 6.17. The van der Waals surface area contributed by atoms with Crippen LogP contribution in [0.5, 0.6) is 0 Å². The van der Waals surface area contributed by atoms with E-state index in [-0.39, 0.29) is 0 Å². The van der Waals surface area contributed by atoms with Crippen LogP contribution in [0.15, 0.2) is 0 Å². The standard InChI is InChI=1S/C11H17IO9S/c1-5(13)18-8-7(4-12)20-11(15)10(21-22(3,16)17)9(8)19-6(2)14/h7-11,15H,4H2,1-3H3. The molecule has 0 aliphatic carbocycles.